The van der Waals surface area contributed by atoms with Crippen molar-refractivity contribution in [3.8, 4) is 11.5 Å². The number of aryl methyl sites for hydroxylation is 2. The van der Waals surface area contributed by atoms with Crippen molar-refractivity contribution < 1.29 is 0 Å². The molecular weight excluding hydrogens is 228 g/mol. The minimum Gasteiger partial charge on any atom is -0.383 e. The molecule has 3 N–H and O–H groups in total. The first-order valence-electron chi connectivity index (χ1n) is 5.85. The van der Waals surface area contributed by atoms with E-state index in [2.05, 4.69) is 15.0 Å². The second kappa shape index (κ2) is 4.60. The molecule has 0 saturated heterocycles. The zero-order chi connectivity index (χ0) is 13.3. The highest BCUT2D eigenvalue weighted by Gasteiger charge is 2.11. The fourth-order valence-corrected chi connectivity index (χ4v) is 1.93. The van der Waals surface area contributed by atoms with E-state index in [0.29, 0.717) is 23.5 Å². The van der Waals surface area contributed by atoms with Gasteiger partial charge in [0.15, 0.2) is 5.82 Å². The SMILES string of the molecule is CCc1c(N)nc(-c2ncc(C)cc2C)[nH]c1=O. The van der Waals surface area contributed by atoms with Crippen molar-refractivity contribution in [1.82, 2.24) is 15.0 Å². The maximum Gasteiger partial charge on any atom is 0.256 e. The van der Waals surface area contributed by atoms with Crippen LogP contribution in [0.2, 0.25) is 0 Å². The van der Waals surface area contributed by atoms with Gasteiger partial charge in [-0.15, -0.1) is 0 Å². The number of aromatic amines is 1. The predicted octanol–water partition coefficient (Wildman–Crippen LogP) is 1.59. The van der Waals surface area contributed by atoms with Crippen LogP contribution in [0.25, 0.3) is 11.5 Å². The Hall–Kier alpha value is -2.17. The van der Waals surface area contributed by atoms with Gasteiger partial charge in [0.25, 0.3) is 5.56 Å². The zero-order valence-electron chi connectivity index (χ0n) is 10.7. The van der Waals surface area contributed by atoms with Crippen LogP contribution < -0.4 is 11.3 Å². The molecule has 0 amide bonds. The molecule has 2 rings (SSSR count). The molecule has 0 fully saturated rings. The molecule has 0 aliphatic heterocycles. The Labute approximate surface area is 105 Å². The molecule has 5 nitrogen and oxygen atoms in total. The maximum absolute atomic E-state index is 11.8. The minimum absolute atomic E-state index is 0.193. The lowest BCUT2D eigenvalue weighted by atomic mass is 10.1. The molecule has 0 radical (unpaired) electrons. The van der Waals surface area contributed by atoms with E-state index in [4.69, 9.17) is 5.73 Å². The Morgan fingerprint density at radius 1 is 1.39 bits per heavy atom. The molecule has 2 heterocycles. The highest BCUT2D eigenvalue weighted by molar-refractivity contribution is 5.57. The zero-order valence-corrected chi connectivity index (χ0v) is 10.7. The molecule has 2 aromatic rings. The molecule has 5 heteroatoms. The van der Waals surface area contributed by atoms with E-state index in [0.717, 1.165) is 11.1 Å². The first kappa shape index (κ1) is 12.3. The number of nitrogens with zero attached hydrogens (tertiary/aromatic N) is 2. The lowest BCUT2D eigenvalue weighted by Gasteiger charge is -2.07. The lowest BCUT2D eigenvalue weighted by molar-refractivity contribution is 1.01. The van der Waals surface area contributed by atoms with E-state index in [1.54, 1.807) is 6.20 Å². The van der Waals surface area contributed by atoms with Crippen LogP contribution >= 0.6 is 0 Å². The molecule has 0 atom stereocenters. The smallest absolute Gasteiger partial charge is 0.256 e. The van der Waals surface area contributed by atoms with Crippen molar-refractivity contribution in [3.05, 3.63) is 39.3 Å². The third kappa shape index (κ3) is 2.11. The van der Waals surface area contributed by atoms with Gasteiger partial charge in [-0.25, -0.2) is 4.98 Å². The molecule has 0 spiro atoms. The van der Waals surface area contributed by atoms with Crippen molar-refractivity contribution in [1.29, 1.82) is 0 Å². The van der Waals surface area contributed by atoms with Gasteiger partial charge in [0.05, 0.1) is 5.56 Å². The van der Waals surface area contributed by atoms with E-state index in [9.17, 15) is 4.79 Å². The van der Waals surface area contributed by atoms with Crippen molar-refractivity contribution in [2.24, 2.45) is 0 Å². The Kier molecular flexibility index (Phi) is 3.14. The monoisotopic (exact) mass is 244 g/mol. The molecule has 0 unspecified atom stereocenters. The average Bonchev–Trinajstić information content (AvgIpc) is 2.28. The molecule has 18 heavy (non-hydrogen) atoms. The normalized spacial score (nSPS) is 10.6. The highest BCUT2D eigenvalue weighted by Crippen LogP contribution is 2.18. The summed E-state index contributed by atoms with van der Waals surface area (Å²) in [6.45, 7) is 5.77. The maximum atomic E-state index is 11.8. The second-order valence-corrected chi connectivity index (χ2v) is 4.31. The summed E-state index contributed by atoms with van der Waals surface area (Å²) in [4.78, 5) is 23.1. The van der Waals surface area contributed by atoms with Gasteiger partial charge in [-0.1, -0.05) is 13.0 Å². The van der Waals surface area contributed by atoms with Gasteiger partial charge in [0.1, 0.15) is 11.5 Å². The average molecular weight is 244 g/mol. The number of nitrogens with two attached hydrogens (primary N) is 1. The Morgan fingerprint density at radius 3 is 2.67 bits per heavy atom. The number of aromatic nitrogens is 3. The van der Waals surface area contributed by atoms with E-state index < -0.39 is 0 Å². The van der Waals surface area contributed by atoms with Gasteiger partial charge in [-0.2, -0.15) is 0 Å². The summed E-state index contributed by atoms with van der Waals surface area (Å²) in [6.07, 6.45) is 2.31. The Balaban J connectivity index is 2.62. The van der Waals surface area contributed by atoms with Gasteiger partial charge in [0.2, 0.25) is 0 Å². The largest absolute Gasteiger partial charge is 0.383 e. The molecule has 0 saturated carbocycles. The number of rotatable bonds is 2. The van der Waals surface area contributed by atoms with Crippen molar-refractivity contribution in [3.63, 3.8) is 0 Å². The predicted molar refractivity (Wildman–Crippen MR) is 71.4 cm³/mol. The van der Waals surface area contributed by atoms with Gasteiger partial charge in [-0.3, -0.25) is 9.78 Å². The van der Waals surface area contributed by atoms with Crippen LogP contribution in [0, 0.1) is 13.8 Å². The van der Waals surface area contributed by atoms with Crippen LogP contribution in [-0.4, -0.2) is 15.0 Å². The van der Waals surface area contributed by atoms with E-state index in [1.165, 1.54) is 0 Å². The molecule has 0 aliphatic carbocycles. The van der Waals surface area contributed by atoms with Crippen LogP contribution in [0.3, 0.4) is 0 Å². The van der Waals surface area contributed by atoms with Gasteiger partial charge < -0.3 is 10.7 Å². The topological polar surface area (TPSA) is 84.7 Å². The van der Waals surface area contributed by atoms with E-state index in [1.807, 2.05) is 26.8 Å². The van der Waals surface area contributed by atoms with Crippen LogP contribution in [0.15, 0.2) is 17.1 Å². The summed E-state index contributed by atoms with van der Waals surface area (Å²) in [7, 11) is 0. The van der Waals surface area contributed by atoms with Crippen molar-refractivity contribution >= 4 is 5.82 Å². The standard InChI is InChI=1S/C13H16N4O/c1-4-9-11(14)16-12(17-13(9)18)10-8(3)5-7(2)6-15-10/h5-6H,4H2,1-3H3,(H3,14,16,17,18). The van der Waals surface area contributed by atoms with Crippen LogP contribution in [0.4, 0.5) is 5.82 Å². The first-order valence-corrected chi connectivity index (χ1v) is 5.85. The summed E-state index contributed by atoms with van der Waals surface area (Å²) in [6, 6.07) is 1.99. The Bertz CT molecular complexity index is 646. The number of hydrogen-bond donors (Lipinski definition) is 2. The third-order valence-electron chi connectivity index (χ3n) is 2.84. The van der Waals surface area contributed by atoms with Crippen molar-refractivity contribution in [2.75, 3.05) is 5.73 Å². The molecule has 94 valence electrons. The summed E-state index contributed by atoms with van der Waals surface area (Å²) in [5.41, 5.74) is 8.80. The number of H-pyrrole nitrogens is 1. The van der Waals surface area contributed by atoms with E-state index >= 15 is 0 Å². The van der Waals surface area contributed by atoms with E-state index in [-0.39, 0.29) is 11.4 Å². The Morgan fingerprint density at radius 2 is 2.11 bits per heavy atom. The number of hydrogen-bond acceptors (Lipinski definition) is 4. The van der Waals surface area contributed by atoms with Gasteiger partial charge in [0, 0.05) is 6.20 Å². The van der Waals surface area contributed by atoms with Crippen LogP contribution in [-0.2, 0) is 6.42 Å². The lowest BCUT2D eigenvalue weighted by Crippen LogP contribution is -2.18. The molecular formula is C13H16N4O. The summed E-state index contributed by atoms with van der Waals surface area (Å²) < 4.78 is 0. The second-order valence-electron chi connectivity index (χ2n) is 4.31. The van der Waals surface area contributed by atoms with Gasteiger partial charge >= 0.3 is 0 Å². The third-order valence-corrected chi connectivity index (χ3v) is 2.84. The van der Waals surface area contributed by atoms with Gasteiger partial charge in [-0.05, 0) is 31.4 Å². The van der Waals surface area contributed by atoms with Crippen LogP contribution in [0.5, 0.6) is 0 Å². The summed E-state index contributed by atoms with van der Waals surface area (Å²) >= 11 is 0. The number of nitrogen functional groups attached to an aromatic ring is 1. The quantitative estimate of drug-likeness (QED) is 0.840. The summed E-state index contributed by atoms with van der Waals surface area (Å²) in [5.74, 6) is 0.699. The van der Waals surface area contributed by atoms with Crippen LogP contribution in [0.1, 0.15) is 23.6 Å². The minimum atomic E-state index is -0.193. The molecule has 2 aromatic heterocycles. The number of nitrogens with one attached hydrogen (secondary N) is 1. The first-order chi connectivity index (χ1) is 8.52. The summed E-state index contributed by atoms with van der Waals surface area (Å²) in [5, 5.41) is 0. The number of pyridine rings is 1. The van der Waals surface area contributed by atoms with Crippen molar-refractivity contribution in [2.45, 2.75) is 27.2 Å². The fourth-order valence-electron chi connectivity index (χ4n) is 1.93. The molecule has 0 aliphatic rings. The fraction of sp³-hybridized carbons (Fsp3) is 0.308. The highest BCUT2D eigenvalue weighted by atomic mass is 16.1. The number of anilines is 1. The molecule has 0 aromatic carbocycles. The molecule has 0 bridgehead atoms.